The smallest absolute Gasteiger partial charge is 0.283 e. The van der Waals surface area contributed by atoms with Gasteiger partial charge in [0.25, 0.3) is 10.0 Å². The summed E-state index contributed by atoms with van der Waals surface area (Å²) in [6.45, 7) is 4.84. The molecule has 0 radical (unpaired) electrons. The molecule has 0 unspecified atom stereocenters. The van der Waals surface area contributed by atoms with Gasteiger partial charge in [0.15, 0.2) is 0 Å². The zero-order valence-electron chi connectivity index (χ0n) is 18.2. The fourth-order valence-electron chi connectivity index (χ4n) is 4.32. The second kappa shape index (κ2) is 9.95. The van der Waals surface area contributed by atoms with Crippen LogP contribution in [-0.4, -0.2) is 55.2 Å². The largest absolute Gasteiger partial charge is 0.368 e. The van der Waals surface area contributed by atoms with Crippen molar-refractivity contribution in [3.8, 4) is 0 Å². The van der Waals surface area contributed by atoms with Crippen LogP contribution >= 0.6 is 12.4 Å². The van der Waals surface area contributed by atoms with Crippen molar-refractivity contribution in [2.24, 2.45) is 0 Å². The summed E-state index contributed by atoms with van der Waals surface area (Å²) < 4.78 is 27.4. The Morgan fingerprint density at radius 2 is 1.45 bits per heavy atom. The minimum atomic E-state index is -3.73. The predicted octanol–water partition coefficient (Wildman–Crippen LogP) is 4.06. The SMILES string of the molecule is Cl.O=S(=O)(c1ccccc1)n1ncc2c(N3CCN(CCc4ccccc4)CC3)cccc21. The van der Waals surface area contributed by atoms with Gasteiger partial charge in [-0.3, -0.25) is 4.90 Å². The number of hydrogen-bond donors (Lipinski definition) is 0. The zero-order valence-corrected chi connectivity index (χ0v) is 19.9. The van der Waals surface area contributed by atoms with Crippen LogP contribution in [0.15, 0.2) is 90.0 Å². The van der Waals surface area contributed by atoms with Crippen molar-refractivity contribution in [3.05, 3.63) is 90.6 Å². The molecule has 4 aromatic rings. The monoisotopic (exact) mass is 482 g/mol. The van der Waals surface area contributed by atoms with Crippen LogP contribution < -0.4 is 4.90 Å². The third kappa shape index (κ3) is 4.76. The van der Waals surface area contributed by atoms with E-state index in [4.69, 9.17) is 0 Å². The van der Waals surface area contributed by atoms with E-state index in [1.165, 1.54) is 5.56 Å². The lowest BCUT2D eigenvalue weighted by molar-refractivity contribution is 0.261. The molecule has 0 amide bonds. The molecule has 1 aliphatic rings. The topological polar surface area (TPSA) is 58.4 Å². The molecule has 0 atom stereocenters. The van der Waals surface area contributed by atoms with E-state index in [1.807, 2.05) is 12.1 Å². The first kappa shape index (κ1) is 23.3. The second-order valence-electron chi connectivity index (χ2n) is 8.08. The summed E-state index contributed by atoms with van der Waals surface area (Å²) >= 11 is 0. The molecule has 0 saturated carbocycles. The molecule has 3 aromatic carbocycles. The molecule has 172 valence electrons. The van der Waals surface area contributed by atoms with Crippen LogP contribution in [0, 0.1) is 0 Å². The number of piperazine rings is 1. The molecule has 0 bridgehead atoms. The van der Waals surface area contributed by atoms with Crippen LogP contribution in [0.3, 0.4) is 0 Å². The Morgan fingerprint density at radius 1 is 0.788 bits per heavy atom. The molecule has 0 aliphatic carbocycles. The quantitative estimate of drug-likeness (QED) is 0.415. The van der Waals surface area contributed by atoms with E-state index in [0.29, 0.717) is 5.52 Å². The van der Waals surface area contributed by atoms with E-state index >= 15 is 0 Å². The lowest BCUT2D eigenvalue weighted by Gasteiger charge is -2.36. The van der Waals surface area contributed by atoms with Gasteiger partial charge in [-0.15, -0.1) is 12.4 Å². The standard InChI is InChI=1S/C25H26N4O2S.ClH/c30-32(31,22-10-5-2-6-11-22)29-25-13-7-12-24(23(25)20-26-29)28-18-16-27(17-19-28)15-14-21-8-3-1-4-9-21;/h1-13,20H,14-19H2;1H. The van der Waals surface area contributed by atoms with E-state index in [0.717, 1.165) is 54.3 Å². The van der Waals surface area contributed by atoms with Gasteiger partial charge in [0, 0.05) is 43.8 Å². The summed E-state index contributed by atoms with van der Waals surface area (Å²) in [6.07, 6.45) is 2.73. The average Bonchev–Trinajstić information content (AvgIpc) is 3.30. The molecule has 8 heteroatoms. The van der Waals surface area contributed by atoms with Crippen molar-refractivity contribution in [1.82, 2.24) is 14.1 Å². The van der Waals surface area contributed by atoms with Crippen molar-refractivity contribution in [2.45, 2.75) is 11.3 Å². The minimum Gasteiger partial charge on any atom is -0.368 e. The van der Waals surface area contributed by atoms with Gasteiger partial charge in [0.2, 0.25) is 0 Å². The highest BCUT2D eigenvalue weighted by atomic mass is 35.5. The van der Waals surface area contributed by atoms with Crippen LogP contribution in [-0.2, 0) is 16.4 Å². The molecule has 0 N–H and O–H groups in total. The molecule has 1 saturated heterocycles. The van der Waals surface area contributed by atoms with Crippen molar-refractivity contribution < 1.29 is 8.42 Å². The molecular weight excluding hydrogens is 456 g/mol. The number of anilines is 1. The third-order valence-corrected chi connectivity index (χ3v) is 7.71. The first-order valence-corrected chi connectivity index (χ1v) is 12.4. The molecule has 0 spiro atoms. The normalized spacial score (nSPS) is 14.8. The maximum Gasteiger partial charge on any atom is 0.283 e. The lowest BCUT2D eigenvalue weighted by Crippen LogP contribution is -2.47. The van der Waals surface area contributed by atoms with Crippen molar-refractivity contribution in [2.75, 3.05) is 37.6 Å². The molecule has 33 heavy (non-hydrogen) atoms. The molecule has 1 aliphatic heterocycles. The maximum absolute atomic E-state index is 13.1. The molecule has 5 rings (SSSR count). The summed E-state index contributed by atoms with van der Waals surface area (Å²) in [6, 6.07) is 24.8. The first-order valence-electron chi connectivity index (χ1n) is 10.9. The number of aromatic nitrogens is 2. The number of benzene rings is 3. The van der Waals surface area contributed by atoms with Crippen molar-refractivity contribution in [1.29, 1.82) is 0 Å². The van der Waals surface area contributed by atoms with Crippen molar-refractivity contribution >= 4 is 39.0 Å². The Morgan fingerprint density at radius 3 is 2.15 bits per heavy atom. The van der Waals surface area contributed by atoms with Gasteiger partial charge in [0.05, 0.1) is 16.6 Å². The van der Waals surface area contributed by atoms with Crippen LogP contribution in [0.1, 0.15) is 5.56 Å². The summed E-state index contributed by atoms with van der Waals surface area (Å²) in [5, 5.41) is 5.13. The first-order chi connectivity index (χ1) is 15.6. The van der Waals surface area contributed by atoms with E-state index in [1.54, 1.807) is 36.5 Å². The summed E-state index contributed by atoms with van der Waals surface area (Å²) in [5.74, 6) is 0. The molecule has 1 fully saturated rings. The summed E-state index contributed by atoms with van der Waals surface area (Å²) in [7, 11) is -3.73. The van der Waals surface area contributed by atoms with E-state index in [-0.39, 0.29) is 17.3 Å². The average molecular weight is 483 g/mol. The highest BCUT2D eigenvalue weighted by Gasteiger charge is 2.23. The number of halogens is 1. The van der Waals surface area contributed by atoms with E-state index < -0.39 is 10.0 Å². The highest BCUT2D eigenvalue weighted by molar-refractivity contribution is 7.90. The van der Waals surface area contributed by atoms with Gasteiger partial charge in [-0.2, -0.15) is 17.6 Å². The summed E-state index contributed by atoms with van der Waals surface area (Å²) in [5.41, 5.74) is 3.02. The predicted molar refractivity (Wildman–Crippen MR) is 135 cm³/mol. The number of fused-ring (bicyclic) bond motifs is 1. The fraction of sp³-hybridized carbons (Fsp3) is 0.240. The van der Waals surface area contributed by atoms with Gasteiger partial charge in [-0.1, -0.05) is 54.6 Å². The number of nitrogens with zero attached hydrogens (tertiary/aromatic N) is 4. The van der Waals surface area contributed by atoms with Gasteiger partial charge < -0.3 is 4.90 Å². The third-order valence-electron chi connectivity index (χ3n) is 6.10. The zero-order chi connectivity index (χ0) is 22.0. The Hall–Kier alpha value is -2.87. The Balaban J connectivity index is 0.00000259. The van der Waals surface area contributed by atoms with Crippen LogP contribution in [0.5, 0.6) is 0 Å². The van der Waals surface area contributed by atoms with Crippen LogP contribution in [0.4, 0.5) is 5.69 Å². The highest BCUT2D eigenvalue weighted by Crippen LogP contribution is 2.29. The van der Waals surface area contributed by atoms with Crippen LogP contribution in [0.25, 0.3) is 10.9 Å². The maximum atomic E-state index is 13.1. The second-order valence-corrected chi connectivity index (χ2v) is 9.85. The Kier molecular flexibility index (Phi) is 7.02. The van der Waals surface area contributed by atoms with Gasteiger partial charge in [-0.05, 0) is 36.2 Å². The van der Waals surface area contributed by atoms with Crippen molar-refractivity contribution in [3.63, 3.8) is 0 Å². The number of hydrogen-bond acceptors (Lipinski definition) is 5. The fourth-order valence-corrected chi connectivity index (χ4v) is 5.61. The number of rotatable bonds is 6. The minimum absolute atomic E-state index is 0. The van der Waals surface area contributed by atoms with Crippen LogP contribution in [0.2, 0.25) is 0 Å². The van der Waals surface area contributed by atoms with Gasteiger partial charge in [0.1, 0.15) is 0 Å². The molecular formula is C25H27ClN4O2S. The van der Waals surface area contributed by atoms with E-state index in [2.05, 4.69) is 51.3 Å². The molecule has 2 heterocycles. The lowest BCUT2D eigenvalue weighted by atomic mass is 10.1. The molecule has 6 nitrogen and oxygen atoms in total. The van der Waals surface area contributed by atoms with Gasteiger partial charge in [-0.25, -0.2) is 0 Å². The molecule has 1 aromatic heterocycles. The van der Waals surface area contributed by atoms with E-state index in [9.17, 15) is 8.42 Å². The Bertz CT molecular complexity index is 1300. The van der Waals surface area contributed by atoms with Gasteiger partial charge >= 0.3 is 0 Å². The summed E-state index contributed by atoms with van der Waals surface area (Å²) in [4.78, 5) is 5.07. The Labute approximate surface area is 200 Å².